The molecule has 3 aliphatic rings. The van der Waals surface area contributed by atoms with Crippen LogP contribution in [-0.2, 0) is 22.7 Å². The molecule has 150 valence electrons. The van der Waals surface area contributed by atoms with Gasteiger partial charge in [-0.05, 0) is 49.5 Å². The number of imide groups is 1. The van der Waals surface area contributed by atoms with Crippen molar-refractivity contribution < 1.29 is 14.4 Å². The third-order valence-electron chi connectivity index (χ3n) is 6.11. The Morgan fingerprint density at radius 3 is 2.79 bits per heavy atom. The first-order valence-electron chi connectivity index (χ1n) is 10.3. The first kappa shape index (κ1) is 19.1. The first-order chi connectivity index (χ1) is 13.6. The summed E-state index contributed by atoms with van der Waals surface area (Å²) in [5.41, 5.74) is 2.90. The van der Waals surface area contributed by atoms with Crippen LogP contribution in [0.4, 0.5) is 0 Å². The predicted octanol–water partition coefficient (Wildman–Crippen LogP) is 1.02. The fourth-order valence-corrected chi connectivity index (χ4v) is 4.65. The van der Waals surface area contributed by atoms with Crippen molar-refractivity contribution in [3.8, 4) is 0 Å². The summed E-state index contributed by atoms with van der Waals surface area (Å²) in [7, 11) is 0. The lowest BCUT2D eigenvalue weighted by Crippen LogP contribution is -2.52. The molecular formula is C21H28N4O3. The summed E-state index contributed by atoms with van der Waals surface area (Å²) in [5, 5.41) is 5.81. The summed E-state index contributed by atoms with van der Waals surface area (Å²) >= 11 is 0. The van der Waals surface area contributed by atoms with Gasteiger partial charge in [0.1, 0.15) is 6.04 Å². The number of carbonyl (C=O) groups excluding carboxylic acids is 3. The van der Waals surface area contributed by atoms with Gasteiger partial charge < -0.3 is 10.2 Å². The third-order valence-corrected chi connectivity index (χ3v) is 6.11. The minimum atomic E-state index is -0.559. The van der Waals surface area contributed by atoms with Gasteiger partial charge in [-0.15, -0.1) is 0 Å². The van der Waals surface area contributed by atoms with Gasteiger partial charge in [0.05, 0.1) is 0 Å². The van der Waals surface area contributed by atoms with E-state index in [9.17, 15) is 14.4 Å². The highest BCUT2D eigenvalue weighted by atomic mass is 16.2. The average Bonchev–Trinajstić information content (AvgIpc) is 3.31. The van der Waals surface area contributed by atoms with Crippen LogP contribution in [0.15, 0.2) is 18.2 Å². The summed E-state index contributed by atoms with van der Waals surface area (Å²) in [6.07, 6.45) is 2.92. The molecule has 0 spiro atoms. The molecule has 28 heavy (non-hydrogen) atoms. The van der Waals surface area contributed by atoms with Gasteiger partial charge in [-0.3, -0.25) is 24.6 Å². The van der Waals surface area contributed by atoms with Gasteiger partial charge in [0.25, 0.3) is 5.91 Å². The van der Waals surface area contributed by atoms with E-state index in [2.05, 4.69) is 28.5 Å². The lowest BCUT2D eigenvalue weighted by Gasteiger charge is -2.30. The molecule has 2 atom stereocenters. The monoisotopic (exact) mass is 384 g/mol. The maximum Gasteiger partial charge on any atom is 0.255 e. The summed E-state index contributed by atoms with van der Waals surface area (Å²) in [4.78, 5) is 40.8. The van der Waals surface area contributed by atoms with E-state index in [0.717, 1.165) is 44.6 Å². The van der Waals surface area contributed by atoms with Crippen molar-refractivity contribution in [3.63, 3.8) is 0 Å². The molecule has 2 N–H and O–H groups in total. The van der Waals surface area contributed by atoms with Crippen molar-refractivity contribution in [1.82, 2.24) is 20.4 Å². The second-order valence-electron chi connectivity index (χ2n) is 7.96. The second-order valence-corrected chi connectivity index (χ2v) is 7.96. The van der Waals surface area contributed by atoms with Crippen molar-refractivity contribution >= 4 is 17.7 Å². The largest absolute Gasteiger partial charge is 0.322 e. The molecule has 0 saturated carbocycles. The smallest absolute Gasteiger partial charge is 0.255 e. The van der Waals surface area contributed by atoms with Crippen LogP contribution in [0.1, 0.15) is 54.1 Å². The van der Waals surface area contributed by atoms with Gasteiger partial charge in [-0.1, -0.05) is 19.1 Å². The van der Waals surface area contributed by atoms with Crippen LogP contribution in [0.5, 0.6) is 0 Å². The van der Waals surface area contributed by atoms with Crippen LogP contribution in [0, 0.1) is 0 Å². The van der Waals surface area contributed by atoms with Crippen molar-refractivity contribution in [2.24, 2.45) is 0 Å². The number of fused-ring (bicyclic) bond motifs is 1. The highest BCUT2D eigenvalue weighted by molar-refractivity contribution is 6.05. The van der Waals surface area contributed by atoms with Crippen molar-refractivity contribution in [2.75, 3.05) is 19.6 Å². The molecule has 3 heterocycles. The number of amides is 3. The zero-order valence-corrected chi connectivity index (χ0v) is 16.4. The number of rotatable bonds is 6. The van der Waals surface area contributed by atoms with Crippen molar-refractivity contribution in [3.05, 3.63) is 34.9 Å². The standard InChI is InChI=1S/C21H28N4O3/c1-2-10-24(15-8-9-22-11-15)12-14-4-3-5-16-17(14)13-25(21(16)28)18-6-7-19(26)23-20(18)27/h3-5,15,18,22H,2,6-13H2,1H3,(H,23,26,27). The lowest BCUT2D eigenvalue weighted by atomic mass is 10.0. The Morgan fingerprint density at radius 1 is 1.21 bits per heavy atom. The average molecular weight is 384 g/mol. The van der Waals surface area contributed by atoms with Crippen LogP contribution in [0.2, 0.25) is 0 Å². The second kappa shape index (κ2) is 8.01. The summed E-state index contributed by atoms with van der Waals surface area (Å²) in [6.45, 7) is 6.55. The molecule has 0 aliphatic carbocycles. The molecule has 0 bridgehead atoms. The van der Waals surface area contributed by atoms with E-state index in [1.165, 1.54) is 5.56 Å². The molecule has 1 aromatic carbocycles. The zero-order valence-electron chi connectivity index (χ0n) is 16.4. The normalized spacial score (nSPS) is 24.8. The molecule has 2 unspecified atom stereocenters. The van der Waals surface area contributed by atoms with Crippen LogP contribution in [-0.4, -0.2) is 59.2 Å². The topological polar surface area (TPSA) is 81.8 Å². The van der Waals surface area contributed by atoms with E-state index in [4.69, 9.17) is 0 Å². The SMILES string of the molecule is CCCN(Cc1cccc2c1CN(C1CCC(=O)NC1=O)C2=O)C1CCNC1. The Morgan fingerprint density at radius 2 is 2.07 bits per heavy atom. The minimum absolute atomic E-state index is 0.101. The van der Waals surface area contributed by atoms with E-state index in [0.29, 0.717) is 24.6 Å². The molecule has 1 aromatic rings. The van der Waals surface area contributed by atoms with Crippen LogP contribution >= 0.6 is 0 Å². The van der Waals surface area contributed by atoms with Gasteiger partial charge in [-0.2, -0.15) is 0 Å². The predicted molar refractivity (Wildman–Crippen MR) is 104 cm³/mol. The van der Waals surface area contributed by atoms with Crippen LogP contribution < -0.4 is 10.6 Å². The maximum absolute atomic E-state index is 13.0. The Kier molecular flexibility index (Phi) is 5.46. The van der Waals surface area contributed by atoms with Gasteiger partial charge in [0.15, 0.2) is 0 Å². The molecule has 3 aliphatic heterocycles. The highest BCUT2D eigenvalue weighted by Crippen LogP contribution is 2.31. The van der Waals surface area contributed by atoms with E-state index in [-0.39, 0.29) is 24.1 Å². The lowest BCUT2D eigenvalue weighted by molar-refractivity contribution is -0.136. The van der Waals surface area contributed by atoms with Crippen LogP contribution in [0.3, 0.4) is 0 Å². The summed E-state index contributed by atoms with van der Waals surface area (Å²) in [6, 6.07) is 5.87. The number of carbonyl (C=O) groups is 3. The molecule has 0 aromatic heterocycles. The molecule has 2 fully saturated rings. The van der Waals surface area contributed by atoms with Gasteiger partial charge in [0, 0.05) is 37.7 Å². The molecule has 7 heteroatoms. The Hall–Kier alpha value is -2.25. The Balaban J connectivity index is 1.55. The fourth-order valence-electron chi connectivity index (χ4n) is 4.65. The van der Waals surface area contributed by atoms with Gasteiger partial charge in [-0.25, -0.2) is 0 Å². The molecular weight excluding hydrogens is 356 g/mol. The number of nitrogens with one attached hydrogen (secondary N) is 2. The summed E-state index contributed by atoms with van der Waals surface area (Å²) in [5.74, 6) is -0.717. The fraction of sp³-hybridized carbons (Fsp3) is 0.571. The molecule has 3 amide bonds. The Bertz CT molecular complexity index is 788. The maximum atomic E-state index is 13.0. The number of piperidine rings is 1. The summed E-state index contributed by atoms with van der Waals surface area (Å²) < 4.78 is 0. The van der Waals surface area contributed by atoms with Crippen molar-refractivity contribution in [1.29, 1.82) is 0 Å². The van der Waals surface area contributed by atoms with E-state index in [1.54, 1.807) is 4.90 Å². The quantitative estimate of drug-likeness (QED) is 0.716. The van der Waals surface area contributed by atoms with E-state index in [1.807, 2.05) is 12.1 Å². The highest BCUT2D eigenvalue weighted by Gasteiger charge is 2.40. The minimum Gasteiger partial charge on any atom is -0.322 e. The van der Waals surface area contributed by atoms with Gasteiger partial charge in [0.2, 0.25) is 11.8 Å². The number of hydrogen-bond donors (Lipinski definition) is 2. The van der Waals surface area contributed by atoms with Crippen LogP contribution in [0.25, 0.3) is 0 Å². The van der Waals surface area contributed by atoms with Crippen molar-refractivity contribution in [2.45, 2.75) is 57.8 Å². The first-order valence-corrected chi connectivity index (χ1v) is 10.3. The number of hydrogen-bond acceptors (Lipinski definition) is 5. The molecule has 7 nitrogen and oxygen atoms in total. The van der Waals surface area contributed by atoms with Gasteiger partial charge >= 0.3 is 0 Å². The molecule has 0 radical (unpaired) electrons. The number of benzene rings is 1. The number of nitrogens with zero attached hydrogens (tertiary/aromatic N) is 2. The van der Waals surface area contributed by atoms with E-state index < -0.39 is 6.04 Å². The Labute approximate surface area is 165 Å². The zero-order chi connectivity index (χ0) is 19.7. The van der Waals surface area contributed by atoms with E-state index >= 15 is 0 Å². The molecule has 2 saturated heterocycles. The third kappa shape index (κ3) is 3.56. The molecule has 4 rings (SSSR count).